The van der Waals surface area contributed by atoms with Crippen LogP contribution in [-0.2, 0) is 6.42 Å². The Labute approximate surface area is 114 Å². The van der Waals surface area contributed by atoms with Crippen molar-refractivity contribution in [2.75, 3.05) is 7.11 Å². The van der Waals surface area contributed by atoms with E-state index in [1.807, 2.05) is 38.1 Å². The Morgan fingerprint density at radius 1 is 1.16 bits per heavy atom. The summed E-state index contributed by atoms with van der Waals surface area (Å²) in [5.74, 6) is 0.819. The van der Waals surface area contributed by atoms with Gasteiger partial charge in [0.2, 0.25) is 0 Å². The van der Waals surface area contributed by atoms with E-state index in [1.54, 1.807) is 7.11 Å². The quantitative estimate of drug-likeness (QED) is 0.885. The highest BCUT2D eigenvalue weighted by molar-refractivity contribution is 5.38. The van der Waals surface area contributed by atoms with Crippen molar-refractivity contribution in [2.45, 2.75) is 33.3 Å². The van der Waals surface area contributed by atoms with Crippen LogP contribution in [0.3, 0.4) is 0 Å². The van der Waals surface area contributed by atoms with E-state index in [9.17, 15) is 5.11 Å². The van der Waals surface area contributed by atoms with E-state index in [4.69, 9.17) is 4.74 Å². The Balaban J connectivity index is 2.25. The summed E-state index contributed by atoms with van der Waals surface area (Å²) in [6.07, 6.45) is 0.00764. The number of aliphatic hydroxyl groups is 1. The number of aryl methyl sites for hydroxylation is 1. The molecule has 2 aromatic rings. The van der Waals surface area contributed by atoms with Crippen LogP contribution >= 0.6 is 0 Å². The molecule has 2 N–H and O–H groups in total. The molecule has 1 atom stereocenters. The van der Waals surface area contributed by atoms with Gasteiger partial charge in [0.15, 0.2) is 0 Å². The molecule has 3 nitrogen and oxygen atoms in total. The van der Waals surface area contributed by atoms with Gasteiger partial charge in [0.05, 0.1) is 13.2 Å². The minimum atomic E-state index is -0.538. The van der Waals surface area contributed by atoms with Crippen molar-refractivity contribution in [2.24, 2.45) is 0 Å². The molecule has 1 unspecified atom stereocenters. The largest absolute Gasteiger partial charge is 0.496 e. The van der Waals surface area contributed by atoms with Crippen molar-refractivity contribution in [3.05, 3.63) is 52.3 Å². The normalized spacial score (nSPS) is 12.5. The number of ether oxygens (including phenoxy) is 1. The van der Waals surface area contributed by atoms with E-state index < -0.39 is 6.10 Å². The lowest BCUT2D eigenvalue weighted by molar-refractivity contribution is 0.172. The molecule has 102 valence electrons. The van der Waals surface area contributed by atoms with Gasteiger partial charge in [-0.3, -0.25) is 0 Å². The number of methoxy groups -OCH3 is 1. The van der Waals surface area contributed by atoms with E-state index in [-0.39, 0.29) is 0 Å². The molecular weight excluding hydrogens is 238 g/mol. The summed E-state index contributed by atoms with van der Waals surface area (Å²) in [5.41, 5.74) is 5.39. The summed E-state index contributed by atoms with van der Waals surface area (Å²) in [5, 5.41) is 10.4. The Bertz CT molecular complexity index is 572. The number of H-pyrrole nitrogens is 1. The molecule has 0 bridgehead atoms. The fraction of sp³-hybridized carbons (Fsp3) is 0.375. The van der Waals surface area contributed by atoms with Crippen LogP contribution in [0, 0.1) is 20.8 Å². The van der Waals surface area contributed by atoms with Crippen molar-refractivity contribution in [3.63, 3.8) is 0 Å². The second-order valence-corrected chi connectivity index (χ2v) is 4.95. The summed E-state index contributed by atoms with van der Waals surface area (Å²) >= 11 is 0. The Morgan fingerprint density at radius 2 is 1.84 bits per heavy atom. The smallest absolute Gasteiger partial charge is 0.122 e. The Hall–Kier alpha value is -1.74. The van der Waals surface area contributed by atoms with Crippen LogP contribution in [0.5, 0.6) is 5.75 Å². The van der Waals surface area contributed by atoms with Gasteiger partial charge >= 0.3 is 0 Å². The Kier molecular flexibility index (Phi) is 3.96. The van der Waals surface area contributed by atoms with E-state index in [1.165, 1.54) is 5.56 Å². The highest BCUT2D eigenvalue weighted by Gasteiger charge is 2.17. The zero-order valence-electron chi connectivity index (χ0n) is 11.9. The summed E-state index contributed by atoms with van der Waals surface area (Å²) in [7, 11) is 1.65. The monoisotopic (exact) mass is 259 g/mol. The van der Waals surface area contributed by atoms with Crippen LogP contribution in [0.4, 0.5) is 0 Å². The number of aliphatic hydroxyl groups excluding tert-OH is 1. The zero-order chi connectivity index (χ0) is 14.0. The summed E-state index contributed by atoms with van der Waals surface area (Å²) in [6.45, 7) is 6.14. The van der Waals surface area contributed by atoms with Crippen LogP contribution in [0.1, 0.15) is 34.2 Å². The van der Waals surface area contributed by atoms with Gasteiger partial charge in [0.25, 0.3) is 0 Å². The molecule has 0 fully saturated rings. The number of benzene rings is 1. The predicted molar refractivity (Wildman–Crippen MR) is 76.7 cm³/mol. The summed E-state index contributed by atoms with van der Waals surface area (Å²) in [6, 6.07) is 7.80. The minimum Gasteiger partial charge on any atom is -0.496 e. The summed E-state index contributed by atoms with van der Waals surface area (Å²) < 4.78 is 5.32. The number of para-hydroxylation sites is 1. The minimum absolute atomic E-state index is 0.538. The molecule has 0 saturated heterocycles. The SMILES string of the molecule is COc1ccccc1CC(O)c1[nH]c(C)c(C)c1C. The first-order chi connectivity index (χ1) is 9.04. The number of hydrogen-bond acceptors (Lipinski definition) is 2. The van der Waals surface area contributed by atoms with E-state index in [2.05, 4.69) is 11.9 Å². The molecule has 19 heavy (non-hydrogen) atoms. The second-order valence-electron chi connectivity index (χ2n) is 4.95. The molecule has 0 aliphatic heterocycles. The van der Waals surface area contributed by atoms with Gasteiger partial charge in [0.1, 0.15) is 5.75 Å². The fourth-order valence-corrected chi connectivity index (χ4v) is 2.39. The molecule has 0 aliphatic rings. The van der Waals surface area contributed by atoms with E-state index >= 15 is 0 Å². The van der Waals surface area contributed by atoms with Crippen molar-refractivity contribution in [1.82, 2.24) is 4.98 Å². The number of aromatic amines is 1. The molecule has 3 heteroatoms. The average molecular weight is 259 g/mol. The lowest BCUT2D eigenvalue weighted by Gasteiger charge is -2.13. The maximum Gasteiger partial charge on any atom is 0.122 e. The first-order valence-corrected chi connectivity index (χ1v) is 6.50. The molecular formula is C16H21NO2. The maximum atomic E-state index is 10.4. The van der Waals surface area contributed by atoms with Gasteiger partial charge in [0, 0.05) is 17.8 Å². The second kappa shape index (κ2) is 5.49. The molecule has 1 heterocycles. The third kappa shape index (κ3) is 2.66. The van der Waals surface area contributed by atoms with Gasteiger partial charge in [-0.05, 0) is 43.5 Å². The van der Waals surface area contributed by atoms with E-state index in [0.29, 0.717) is 6.42 Å². The molecule has 0 radical (unpaired) electrons. The first-order valence-electron chi connectivity index (χ1n) is 6.50. The van der Waals surface area contributed by atoms with Crippen LogP contribution in [-0.4, -0.2) is 17.2 Å². The summed E-state index contributed by atoms with van der Waals surface area (Å²) in [4.78, 5) is 3.28. The fourth-order valence-electron chi connectivity index (χ4n) is 2.39. The first kappa shape index (κ1) is 13.7. The lowest BCUT2D eigenvalue weighted by atomic mass is 10.0. The van der Waals surface area contributed by atoms with Gasteiger partial charge in [-0.25, -0.2) is 0 Å². The highest BCUT2D eigenvalue weighted by Crippen LogP contribution is 2.28. The number of nitrogens with one attached hydrogen (secondary N) is 1. The predicted octanol–water partition coefficient (Wildman–Crippen LogP) is 3.22. The number of rotatable bonds is 4. The van der Waals surface area contributed by atoms with Crippen molar-refractivity contribution in [1.29, 1.82) is 0 Å². The molecule has 0 amide bonds. The standard InChI is InChI=1S/C16H21NO2/c1-10-11(2)16(17-12(10)3)14(18)9-13-7-5-6-8-15(13)19-4/h5-8,14,17-18H,9H2,1-4H3. The number of aromatic nitrogens is 1. The van der Waals surface area contributed by atoms with Crippen LogP contribution in [0.15, 0.2) is 24.3 Å². The molecule has 0 aliphatic carbocycles. The molecule has 2 rings (SSSR count). The lowest BCUT2D eigenvalue weighted by Crippen LogP contribution is -2.05. The van der Waals surface area contributed by atoms with Crippen molar-refractivity contribution >= 4 is 0 Å². The molecule has 0 saturated carbocycles. The Morgan fingerprint density at radius 3 is 2.42 bits per heavy atom. The van der Waals surface area contributed by atoms with Gasteiger partial charge in [-0.15, -0.1) is 0 Å². The molecule has 0 spiro atoms. The molecule has 1 aromatic heterocycles. The number of hydrogen-bond donors (Lipinski definition) is 2. The van der Waals surface area contributed by atoms with E-state index in [0.717, 1.165) is 28.3 Å². The van der Waals surface area contributed by atoms with Crippen LogP contribution < -0.4 is 4.74 Å². The van der Waals surface area contributed by atoms with Crippen LogP contribution in [0.25, 0.3) is 0 Å². The van der Waals surface area contributed by atoms with Gasteiger partial charge in [-0.1, -0.05) is 18.2 Å². The van der Waals surface area contributed by atoms with Gasteiger partial charge < -0.3 is 14.8 Å². The van der Waals surface area contributed by atoms with Crippen molar-refractivity contribution < 1.29 is 9.84 Å². The van der Waals surface area contributed by atoms with Gasteiger partial charge in [-0.2, -0.15) is 0 Å². The highest BCUT2D eigenvalue weighted by atomic mass is 16.5. The third-order valence-corrected chi connectivity index (χ3v) is 3.79. The maximum absolute atomic E-state index is 10.4. The zero-order valence-corrected chi connectivity index (χ0v) is 11.9. The third-order valence-electron chi connectivity index (χ3n) is 3.79. The van der Waals surface area contributed by atoms with Crippen LogP contribution in [0.2, 0.25) is 0 Å². The van der Waals surface area contributed by atoms with Crippen molar-refractivity contribution in [3.8, 4) is 5.75 Å². The topological polar surface area (TPSA) is 45.2 Å². The average Bonchev–Trinajstić information content (AvgIpc) is 2.67. The molecule has 1 aromatic carbocycles.